The number of nitrogens with zero attached hydrogens (tertiary/aromatic N) is 3. The molecule has 6 bridgehead atoms. The molecular weight excluding hydrogens is 2260 g/mol. The first-order chi connectivity index (χ1) is 48.0. The summed E-state index contributed by atoms with van der Waals surface area (Å²) in [5.41, 5.74) is 0.587. The number of benzene rings is 2. The predicted molar refractivity (Wildman–Crippen MR) is 326 cm³/mol. The molecule has 9 aliphatic rings. The maximum atomic E-state index is 13.0. The molecule has 7 aliphatic heterocycles. The minimum atomic E-state index is -6.01. The van der Waals surface area contributed by atoms with E-state index in [1.165, 1.54) is 21.6 Å². The number of imide groups is 3. The number of alkyl halides is 6. The molecule has 0 radical (unpaired) electrons. The molecule has 7 heterocycles. The number of rotatable bonds is 17. The van der Waals surface area contributed by atoms with Crippen molar-refractivity contribution in [3.8, 4) is 0 Å². The molecule has 106 heavy (non-hydrogen) atoms. The summed E-state index contributed by atoms with van der Waals surface area (Å²) in [6, 6.07) is 13.4. The summed E-state index contributed by atoms with van der Waals surface area (Å²) in [6.07, 6.45) is 5.69. The van der Waals surface area contributed by atoms with E-state index in [-0.39, 0.29) is 47.3 Å². The van der Waals surface area contributed by atoms with Gasteiger partial charge < -0.3 is 51.6 Å². The number of hydrogen-bond donors (Lipinski definition) is 0. The predicted octanol–water partition coefficient (Wildman–Crippen LogP) is 3.56. The summed E-state index contributed by atoms with van der Waals surface area (Å²) >= 11 is 0. The Bertz CT molecular complexity index is 3680. The maximum absolute atomic E-state index is 13.0. The number of carbonyl (C=O) groups is 12. The number of halogens is 6. The van der Waals surface area contributed by atoms with Crippen molar-refractivity contribution < 1.29 is 161 Å². The van der Waals surface area contributed by atoms with Crippen LogP contribution in [0.4, 0.5) is 26.3 Å². The molecule has 2 aliphatic carbocycles. The quantitative estimate of drug-likeness (QED) is 0.0545. The molecule has 2 saturated carbocycles. The number of methoxy groups -OCH3 is 3. The van der Waals surface area contributed by atoms with Gasteiger partial charge in [-0.25, -0.2) is 51.6 Å². The van der Waals surface area contributed by atoms with Crippen LogP contribution in [0.15, 0.2) is 42.5 Å². The second kappa shape index (κ2) is 36.2. The third-order valence-electron chi connectivity index (χ3n) is 18.1. The smallest absolute Gasteiger partial charge is 0.312 e. The van der Waals surface area contributed by atoms with E-state index in [1.807, 2.05) is 36.4 Å². The summed E-state index contributed by atoms with van der Waals surface area (Å²) in [5.74, 6) is -12.7. The van der Waals surface area contributed by atoms with Gasteiger partial charge in [0.25, 0.3) is 39.6 Å². The van der Waals surface area contributed by atoms with Gasteiger partial charge in [0, 0.05) is 57.8 Å². The monoisotopic (exact) mass is 2330 g/mol. The first-order valence-corrected chi connectivity index (χ1v) is 35.9. The average Bonchev–Trinajstić information content (AvgIpc) is 1.62. The van der Waals surface area contributed by atoms with Crippen molar-refractivity contribution in [2.24, 2.45) is 47.3 Å². The Balaban J connectivity index is 0.000000336. The zero-order valence-corrected chi connectivity index (χ0v) is 79.2. The van der Waals surface area contributed by atoms with Crippen LogP contribution in [0, 0.1) is 67.2 Å². The third kappa shape index (κ3) is 20.8. The fourth-order valence-electron chi connectivity index (χ4n) is 13.1. The molecule has 2 aromatic rings. The van der Waals surface area contributed by atoms with Crippen molar-refractivity contribution >= 4 is 112 Å². The van der Waals surface area contributed by atoms with Gasteiger partial charge in [0.2, 0.25) is 29.5 Å². The second-order valence-electron chi connectivity index (χ2n) is 24.4. The molecule has 0 aromatic heterocycles. The van der Waals surface area contributed by atoms with E-state index in [0.717, 1.165) is 57.8 Å². The molecule has 32 nitrogen and oxygen atoms in total. The standard InChI is InChI=1S/C15H13NO2.C12H15F2O7S.2C11H13F2O8S.C7H11NO2.C6H9NO2.3Rf/c17-14-6-3-9-16(14)15(18)13-8-7-11-4-1-2-5-12(11)10-13;1-20-10(15)8-6-2-3-7(4-6)9(8)11(16)21-5-12(13,14)22(17,18)19;2*1-19-9(14)7-5-2-3-6(21-5)8(7)10(15)20-4-11(12,13)22(16,17)18;1-2-6(9)8-5-3-4-7(8)10;1-5(8)7-4-2-3-6(7)9;;;/h1-2,4-5,7-8,10H,3,6,9H2;5-9H,2-4H2,1H3,(H,17,18,19);2*4-8H,2-3H2,1H3,(H,16,17,18);2-5H2,1H3;2-4H2,1H3;;;/q;3*-1;;;;;/p-3. The Morgan fingerprint density at radius 1 is 0.481 bits per heavy atom. The van der Waals surface area contributed by atoms with Gasteiger partial charge in [0.05, 0.1) is 81.3 Å². The molecule has 2 aromatic carbocycles. The summed E-state index contributed by atoms with van der Waals surface area (Å²) in [5, 5.41) is -12.4. The zero-order chi connectivity index (χ0) is 77.1. The summed E-state index contributed by atoms with van der Waals surface area (Å²) in [4.78, 5) is 142. The Labute approximate surface area is 585 Å². The van der Waals surface area contributed by atoms with E-state index in [9.17, 15) is 123 Å². The van der Waals surface area contributed by atoms with Crippen molar-refractivity contribution in [3.63, 3.8) is 0 Å². The van der Waals surface area contributed by atoms with Crippen LogP contribution in [0.25, 0.3) is 10.8 Å². The molecule has 6 amide bonds. The zero-order valence-electron chi connectivity index (χ0n) is 57.5. The number of fused-ring (bicyclic) bond motifs is 7. The minimum Gasteiger partial charge on any atom is -0.746 e. The molecule has 580 valence electrons. The molecule has 12 atom stereocenters. The van der Waals surface area contributed by atoms with Gasteiger partial charge >= 0.3 is 17.9 Å². The number of amides is 6. The first kappa shape index (κ1) is 89.4. The minimum absolute atomic E-state index is 0. The van der Waals surface area contributed by atoms with Gasteiger partial charge in [0.15, 0.2) is 0 Å². The van der Waals surface area contributed by atoms with E-state index in [0.29, 0.717) is 89.4 Å². The number of hydrogen-bond acceptors (Lipinski definition) is 29. The molecule has 11 rings (SSSR count). The van der Waals surface area contributed by atoms with E-state index in [1.54, 1.807) is 13.0 Å². The van der Waals surface area contributed by atoms with E-state index < -0.39 is 162 Å². The second-order valence-corrected chi connectivity index (χ2v) is 28.8. The first-order valence-electron chi connectivity index (χ1n) is 31.6. The fourth-order valence-corrected chi connectivity index (χ4v) is 13.6. The molecular formula is C62H71F6N3O29Rf3S3-6. The van der Waals surface area contributed by atoms with Gasteiger partial charge in [-0.2, -0.15) is 0 Å². The molecule has 0 N–H and O–H groups in total. The molecule has 7 saturated heterocycles. The van der Waals surface area contributed by atoms with E-state index >= 15 is 0 Å². The number of esters is 6. The van der Waals surface area contributed by atoms with Crippen LogP contribution in [-0.4, -0.2) is 206 Å². The molecule has 0 spiro atoms. The normalized spacial score (nSPS) is 25.3. The van der Waals surface area contributed by atoms with Crippen molar-refractivity contribution in [1.29, 1.82) is 0 Å². The van der Waals surface area contributed by atoms with Gasteiger partial charge in [-0.15, -0.1) is 0 Å². The van der Waals surface area contributed by atoms with Gasteiger partial charge in [0.1, 0.15) is 30.4 Å². The topological polar surface area (TPSA) is 460 Å². The van der Waals surface area contributed by atoms with Crippen LogP contribution < -0.4 is 0 Å². The van der Waals surface area contributed by atoms with Gasteiger partial charge in [-0.1, -0.05) is 57.1 Å². The average molecular weight is 2330 g/mol. The largest absolute Gasteiger partial charge is 0.746 e. The number of ether oxygens (including phenoxy) is 8. The summed E-state index contributed by atoms with van der Waals surface area (Å²) < 4.78 is 207. The van der Waals surface area contributed by atoms with Gasteiger partial charge in [-0.05, 0) is 98.9 Å². The van der Waals surface area contributed by atoms with Crippen LogP contribution in [0.5, 0.6) is 0 Å². The Hall–Kier alpha value is -10.8. The van der Waals surface area contributed by atoms with Crippen LogP contribution in [-0.2, 0) is 121 Å². The van der Waals surface area contributed by atoms with Crippen LogP contribution in [0.1, 0.15) is 114 Å². The summed E-state index contributed by atoms with van der Waals surface area (Å²) in [6.45, 7) is 3.12. The molecule has 9 fully saturated rings. The fraction of sp³-hybridized carbons (Fsp3) is 0.597. The van der Waals surface area contributed by atoms with Crippen molar-refractivity contribution in [2.75, 3.05) is 41.0 Å². The number of carbonyl (C=O) groups excluding carboxylic acids is 12. The van der Waals surface area contributed by atoms with Crippen molar-refractivity contribution in [1.82, 2.24) is 14.7 Å². The Kier molecular flexibility index (Phi) is 30.6. The molecule has 44 heteroatoms. The van der Waals surface area contributed by atoms with Gasteiger partial charge in [-0.3, -0.25) is 72.2 Å². The van der Waals surface area contributed by atoms with E-state index in [2.05, 4.69) is 28.4 Å². The van der Waals surface area contributed by atoms with Crippen molar-refractivity contribution in [2.45, 2.75) is 144 Å². The SMILES string of the molecule is CC(=O)N1CCCC1=O.CCC(=O)N1CCCC1=O.COC(=O)C1C2CCC(C2)C1C(=O)O[CH-]C(F)(F)S(=O)(=O)[O-].COC(=O)C1C2CCC(O2)C1C(=O)O[CH-]C(F)(F)S(=O)(=O)[O-].COC(=O)C1C2CCC(O2)C1C(=O)O[CH-]C(F)(F)S(=O)(=O)[O-].O=C1CCCN1C(=O)c1ccc2ccccc2c1.[Rf].[Rf].[Rf]. The maximum Gasteiger partial charge on any atom is 0.312 e. The summed E-state index contributed by atoms with van der Waals surface area (Å²) in [7, 11) is -14.6. The van der Waals surface area contributed by atoms with Crippen LogP contribution in [0.3, 0.4) is 0 Å². The van der Waals surface area contributed by atoms with Crippen LogP contribution in [0.2, 0.25) is 0 Å². The number of likely N-dealkylation sites (tertiary alicyclic amines) is 3. The third-order valence-corrected chi connectivity index (χ3v) is 20.4. The van der Waals surface area contributed by atoms with Crippen LogP contribution >= 0.6 is 0 Å². The Morgan fingerprint density at radius 2 is 0.802 bits per heavy atom. The molecule has 12 unspecified atom stereocenters. The van der Waals surface area contributed by atoms with E-state index in [4.69, 9.17) is 9.47 Å². The van der Waals surface area contributed by atoms with Crippen molar-refractivity contribution in [3.05, 3.63) is 67.8 Å². The Morgan fingerprint density at radius 3 is 1.12 bits per heavy atom.